The molecule has 0 unspecified atom stereocenters. The van der Waals surface area contributed by atoms with Crippen LogP contribution in [0.15, 0.2) is 36.4 Å². The number of hydrogen-bond donors (Lipinski definition) is 2. The van der Waals surface area contributed by atoms with Gasteiger partial charge in [-0.2, -0.15) is 0 Å². The van der Waals surface area contributed by atoms with Crippen molar-refractivity contribution in [2.75, 3.05) is 18.4 Å². The number of amides is 3. The van der Waals surface area contributed by atoms with E-state index in [0.29, 0.717) is 24.3 Å². The van der Waals surface area contributed by atoms with E-state index in [1.165, 1.54) is 0 Å². The highest BCUT2D eigenvalue weighted by atomic mass is 16.2. The number of nitrogens with one attached hydrogen (secondary N) is 1. The van der Waals surface area contributed by atoms with Gasteiger partial charge in [0.1, 0.15) is 0 Å². The molecule has 3 amide bonds. The van der Waals surface area contributed by atoms with Gasteiger partial charge >= 0.3 is 0 Å². The lowest BCUT2D eigenvalue weighted by molar-refractivity contribution is -0.135. The summed E-state index contributed by atoms with van der Waals surface area (Å²) in [5, 5.41) is 2.77. The van der Waals surface area contributed by atoms with Gasteiger partial charge in [-0.05, 0) is 50.5 Å². The first-order valence-corrected chi connectivity index (χ1v) is 8.64. The molecule has 0 aromatic heterocycles. The van der Waals surface area contributed by atoms with Crippen molar-refractivity contribution in [3.63, 3.8) is 0 Å². The molecule has 0 aliphatic heterocycles. The number of benzene rings is 1. The van der Waals surface area contributed by atoms with Gasteiger partial charge in [-0.3, -0.25) is 14.4 Å². The van der Waals surface area contributed by atoms with Gasteiger partial charge < -0.3 is 16.0 Å². The molecule has 1 aliphatic carbocycles. The summed E-state index contributed by atoms with van der Waals surface area (Å²) in [5.74, 6) is -0.506. The van der Waals surface area contributed by atoms with Gasteiger partial charge in [0.25, 0.3) is 0 Å². The quantitative estimate of drug-likeness (QED) is 0.744. The first-order valence-electron chi connectivity index (χ1n) is 8.64. The minimum atomic E-state index is -0.507. The molecule has 0 saturated heterocycles. The molecule has 0 bridgehead atoms. The second-order valence-electron chi connectivity index (χ2n) is 6.14. The molecule has 1 atom stereocenters. The summed E-state index contributed by atoms with van der Waals surface area (Å²) in [4.78, 5) is 37.4. The van der Waals surface area contributed by atoms with Gasteiger partial charge in [-0.1, -0.05) is 12.2 Å². The van der Waals surface area contributed by atoms with Gasteiger partial charge in [-0.25, -0.2) is 0 Å². The summed E-state index contributed by atoms with van der Waals surface area (Å²) >= 11 is 0. The molecular weight excluding hydrogens is 318 g/mol. The summed E-state index contributed by atoms with van der Waals surface area (Å²) in [6.07, 6.45) is 7.01. The van der Waals surface area contributed by atoms with Gasteiger partial charge in [0.15, 0.2) is 0 Å². The second kappa shape index (κ2) is 9.01. The maximum absolute atomic E-state index is 12.5. The SMILES string of the molecule is CCN(CCC(=O)Nc1ccc(C(N)=O)cc1)C(=O)[C@H]1CC=CCC1. The molecule has 0 heterocycles. The second-order valence-corrected chi connectivity index (χ2v) is 6.14. The number of carbonyl (C=O) groups is 3. The Morgan fingerprint density at radius 2 is 1.92 bits per heavy atom. The number of allylic oxidation sites excluding steroid dienone is 2. The minimum absolute atomic E-state index is 0.0364. The predicted molar refractivity (Wildman–Crippen MR) is 96.9 cm³/mol. The molecule has 134 valence electrons. The summed E-state index contributed by atoms with van der Waals surface area (Å²) < 4.78 is 0. The van der Waals surface area contributed by atoms with E-state index in [1.807, 2.05) is 6.92 Å². The van der Waals surface area contributed by atoms with E-state index in [4.69, 9.17) is 5.73 Å². The lowest BCUT2D eigenvalue weighted by Crippen LogP contribution is -2.38. The van der Waals surface area contributed by atoms with E-state index in [1.54, 1.807) is 29.2 Å². The molecule has 25 heavy (non-hydrogen) atoms. The predicted octanol–water partition coefficient (Wildman–Crippen LogP) is 2.32. The van der Waals surface area contributed by atoms with Gasteiger partial charge in [0.05, 0.1) is 0 Å². The minimum Gasteiger partial charge on any atom is -0.366 e. The molecule has 6 heteroatoms. The van der Waals surface area contributed by atoms with Crippen molar-refractivity contribution in [2.24, 2.45) is 11.7 Å². The highest BCUT2D eigenvalue weighted by Crippen LogP contribution is 2.20. The summed E-state index contributed by atoms with van der Waals surface area (Å²) in [5.41, 5.74) is 6.17. The van der Waals surface area contributed by atoms with Crippen LogP contribution in [-0.2, 0) is 9.59 Å². The molecule has 0 fully saturated rings. The number of anilines is 1. The number of nitrogens with zero attached hydrogens (tertiary/aromatic N) is 1. The highest BCUT2D eigenvalue weighted by molar-refractivity contribution is 5.95. The summed E-state index contributed by atoms with van der Waals surface area (Å²) in [6, 6.07) is 6.40. The zero-order chi connectivity index (χ0) is 18.2. The smallest absolute Gasteiger partial charge is 0.248 e. The Kier molecular flexibility index (Phi) is 6.74. The van der Waals surface area contributed by atoms with E-state index in [9.17, 15) is 14.4 Å². The Morgan fingerprint density at radius 1 is 1.20 bits per heavy atom. The Morgan fingerprint density at radius 3 is 2.48 bits per heavy atom. The van der Waals surface area contributed by atoms with Crippen molar-refractivity contribution in [2.45, 2.75) is 32.6 Å². The lowest BCUT2D eigenvalue weighted by atomic mass is 9.93. The van der Waals surface area contributed by atoms with E-state index in [-0.39, 0.29) is 24.2 Å². The first kappa shape index (κ1) is 18.7. The number of carbonyl (C=O) groups excluding carboxylic acids is 3. The number of hydrogen-bond acceptors (Lipinski definition) is 3. The third-order valence-corrected chi connectivity index (χ3v) is 4.37. The topological polar surface area (TPSA) is 92.5 Å². The van der Waals surface area contributed by atoms with Crippen molar-refractivity contribution >= 4 is 23.4 Å². The van der Waals surface area contributed by atoms with Crippen LogP contribution in [0.4, 0.5) is 5.69 Å². The van der Waals surface area contributed by atoms with Crippen LogP contribution < -0.4 is 11.1 Å². The average Bonchev–Trinajstić information content (AvgIpc) is 2.63. The first-order chi connectivity index (χ1) is 12.0. The molecule has 6 nitrogen and oxygen atoms in total. The third-order valence-electron chi connectivity index (χ3n) is 4.37. The maximum Gasteiger partial charge on any atom is 0.248 e. The molecule has 3 N–H and O–H groups in total. The number of primary amides is 1. The van der Waals surface area contributed by atoms with Crippen molar-refractivity contribution in [3.05, 3.63) is 42.0 Å². The average molecular weight is 343 g/mol. The van der Waals surface area contributed by atoms with Crippen molar-refractivity contribution in [1.29, 1.82) is 0 Å². The number of rotatable bonds is 7. The summed E-state index contributed by atoms with van der Waals surface area (Å²) in [7, 11) is 0. The molecule has 1 aromatic rings. The van der Waals surface area contributed by atoms with Crippen molar-refractivity contribution < 1.29 is 14.4 Å². The van der Waals surface area contributed by atoms with Crippen molar-refractivity contribution in [1.82, 2.24) is 4.90 Å². The summed E-state index contributed by atoms with van der Waals surface area (Å²) in [6.45, 7) is 2.93. The molecule has 0 spiro atoms. The van der Waals surface area contributed by atoms with Crippen LogP contribution in [0.5, 0.6) is 0 Å². The van der Waals surface area contributed by atoms with Crippen LogP contribution in [0.3, 0.4) is 0 Å². The lowest BCUT2D eigenvalue weighted by Gasteiger charge is -2.26. The van der Waals surface area contributed by atoms with Gasteiger partial charge in [0.2, 0.25) is 17.7 Å². The van der Waals surface area contributed by atoms with E-state index >= 15 is 0 Å². The Bertz CT molecular complexity index is 652. The van der Waals surface area contributed by atoms with E-state index in [2.05, 4.69) is 17.5 Å². The fourth-order valence-electron chi connectivity index (χ4n) is 2.88. The molecule has 0 radical (unpaired) electrons. The molecular formula is C19H25N3O3. The molecule has 1 aliphatic rings. The van der Waals surface area contributed by atoms with Crippen LogP contribution in [0.25, 0.3) is 0 Å². The van der Waals surface area contributed by atoms with E-state index < -0.39 is 5.91 Å². The molecule has 2 rings (SSSR count). The van der Waals surface area contributed by atoms with E-state index in [0.717, 1.165) is 19.3 Å². The van der Waals surface area contributed by atoms with Crippen LogP contribution in [0.1, 0.15) is 43.0 Å². The maximum atomic E-state index is 12.5. The Balaban J connectivity index is 1.83. The number of nitrogens with two attached hydrogens (primary N) is 1. The monoisotopic (exact) mass is 343 g/mol. The fourth-order valence-corrected chi connectivity index (χ4v) is 2.88. The molecule has 1 aromatic carbocycles. The Labute approximate surface area is 148 Å². The fraction of sp³-hybridized carbons (Fsp3) is 0.421. The van der Waals surface area contributed by atoms with Crippen molar-refractivity contribution in [3.8, 4) is 0 Å². The Hall–Kier alpha value is -2.63. The largest absolute Gasteiger partial charge is 0.366 e. The molecule has 0 saturated carbocycles. The standard InChI is InChI=1S/C19H25N3O3/c1-2-22(19(25)15-6-4-3-5-7-15)13-12-17(23)21-16-10-8-14(9-11-16)18(20)24/h3-4,8-11,15H,2,5-7,12-13H2,1H3,(H2,20,24)(H,21,23)/t15-/m0/s1. The van der Waals surface area contributed by atoms with Gasteiger partial charge in [0, 0.05) is 36.7 Å². The van der Waals surface area contributed by atoms with Gasteiger partial charge in [-0.15, -0.1) is 0 Å². The highest BCUT2D eigenvalue weighted by Gasteiger charge is 2.23. The van der Waals surface area contributed by atoms with Crippen LogP contribution in [0.2, 0.25) is 0 Å². The third kappa shape index (κ3) is 5.45. The zero-order valence-corrected chi connectivity index (χ0v) is 14.5. The zero-order valence-electron chi connectivity index (χ0n) is 14.5. The normalized spacial score (nSPS) is 16.3. The van der Waals surface area contributed by atoms with Crippen LogP contribution in [0, 0.1) is 5.92 Å². The van der Waals surface area contributed by atoms with Crippen LogP contribution in [-0.4, -0.2) is 35.7 Å². The van der Waals surface area contributed by atoms with Crippen LogP contribution >= 0.6 is 0 Å².